The molecule has 23 heavy (non-hydrogen) atoms. The lowest BCUT2D eigenvalue weighted by molar-refractivity contribution is 1.57. The van der Waals surface area contributed by atoms with Crippen LogP contribution in [0.2, 0.25) is 0 Å². The van der Waals surface area contributed by atoms with Crippen LogP contribution in [0, 0.1) is 0 Å². The number of hydrogen-bond donors (Lipinski definition) is 1. The Bertz CT molecular complexity index is 928. The monoisotopic (exact) mass is 295 g/mol. The number of anilines is 2. The van der Waals surface area contributed by atoms with Gasteiger partial charge in [-0.3, -0.25) is 0 Å². The number of benzene rings is 4. The number of fused-ring (bicyclic) bond motifs is 1. The normalized spacial score (nSPS) is 10.6. The zero-order valence-electron chi connectivity index (χ0n) is 12.7. The SMILES string of the molecule is c1ccc(Nc2ccc3cc(-c4ccccc4)ccc3c2)cc1. The summed E-state index contributed by atoms with van der Waals surface area (Å²) in [5.41, 5.74) is 4.71. The minimum Gasteiger partial charge on any atom is -0.356 e. The summed E-state index contributed by atoms with van der Waals surface area (Å²) >= 11 is 0. The van der Waals surface area contributed by atoms with Gasteiger partial charge in [0.1, 0.15) is 0 Å². The third kappa shape index (κ3) is 2.95. The van der Waals surface area contributed by atoms with Crippen molar-refractivity contribution in [2.24, 2.45) is 0 Å². The van der Waals surface area contributed by atoms with E-state index in [0.29, 0.717) is 0 Å². The second kappa shape index (κ2) is 5.98. The van der Waals surface area contributed by atoms with Crippen LogP contribution >= 0.6 is 0 Å². The van der Waals surface area contributed by atoms with E-state index < -0.39 is 0 Å². The van der Waals surface area contributed by atoms with Crippen molar-refractivity contribution in [1.82, 2.24) is 0 Å². The summed E-state index contributed by atoms with van der Waals surface area (Å²) in [6.07, 6.45) is 0. The van der Waals surface area contributed by atoms with Gasteiger partial charge in [-0.2, -0.15) is 0 Å². The van der Waals surface area contributed by atoms with Crippen LogP contribution < -0.4 is 5.32 Å². The smallest absolute Gasteiger partial charge is 0.0390 e. The molecule has 0 radical (unpaired) electrons. The lowest BCUT2D eigenvalue weighted by Gasteiger charge is -2.09. The maximum atomic E-state index is 3.44. The molecule has 0 fully saturated rings. The predicted molar refractivity (Wildman–Crippen MR) is 99.1 cm³/mol. The maximum absolute atomic E-state index is 3.44. The lowest BCUT2D eigenvalue weighted by atomic mass is 10.0. The van der Waals surface area contributed by atoms with Gasteiger partial charge in [0.25, 0.3) is 0 Å². The van der Waals surface area contributed by atoms with Gasteiger partial charge in [0, 0.05) is 11.4 Å². The number of rotatable bonds is 3. The Morgan fingerprint density at radius 3 is 1.87 bits per heavy atom. The Hall–Kier alpha value is -3.06. The zero-order chi connectivity index (χ0) is 15.5. The third-order valence-electron chi connectivity index (χ3n) is 4.01. The molecule has 0 aliphatic rings. The van der Waals surface area contributed by atoms with E-state index in [2.05, 4.69) is 78.1 Å². The highest BCUT2D eigenvalue weighted by Gasteiger charge is 2.01. The molecule has 0 spiro atoms. The average molecular weight is 295 g/mol. The number of para-hydroxylation sites is 1. The second-order valence-corrected chi connectivity index (χ2v) is 5.63. The molecule has 0 saturated carbocycles. The van der Waals surface area contributed by atoms with Crippen molar-refractivity contribution in [3.8, 4) is 11.1 Å². The van der Waals surface area contributed by atoms with Crippen molar-refractivity contribution >= 4 is 22.1 Å². The molecule has 1 N–H and O–H groups in total. The first-order valence-electron chi connectivity index (χ1n) is 7.80. The van der Waals surface area contributed by atoms with Crippen molar-refractivity contribution in [1.29, 1.82) is 0 Å². The molecule has 1 nitrogen and oxygen atoms in total. The summed E-state index contributed by atoms with van der Waals surface area (Å²) in [5.74, 6) is 0. The van der Waals surface area contributed by atoms with Crippen LogP contribution in [0.25, 0.3) is 21.9 Å². The van der Waals surface area contributed by atoms with Gasteiger partial charge in [-0.05, 0) is 52.2 Å². The Labute approximate surface area is 136 Å². The summed E-state index contributed by atoms with van der Waals surface area (Å²) in [6, 6.07) is 33.8. The van der Waals surface area contributed by atoms with E-state index in [-0.39, 0.29) is 0 Å². The highest BCUT2D eigenvalue weighted by atomic mass is 14.9. The molecule has 0 atom stereocenters. The molecule has 1 heteroatoms. The van der Waals surface area contributed by atoms with Crippen LogP contribution in [0.1, 0.15) is 0 Å². The van der Waals surface area contributed by atoms with Crippen LogP contribution in [-0.4, -0.2) is 0 Å². The fraction of sp³-hybridized carbons (Fsp3) is 0. The maximum Gasteiger partial charge on any atom is 0.0390 e. The molecule has 0 amide bonds. The largest absolute Gasteiger partial charge is 0.356 e. The van der Waals surface area contributed by atoms with Crippen LogP contribution in [0.4, 0.5) is 11.4 Å². The van der Waals surface area contributed by atoms with E-state index in [9.17, 15) is 0 Å². The molecule has 0 unspecified atom stereocenters. The Morgan fingerprint density at radius 1 is 0.435 bits per heavy atom. The quantitative estimate of drug-likeness (QED) is 0.471. The minimum atomic E-state index is 1.10. The molecule has 0 bridgehead atoms. The van der Waals surface area contributed by atoms with Crippen LogP contribution in [-0.2, 0) is 0 Å². The van der Waals surface area contributed by atoms with Crippen molar-refractivity contribution in [3.05, 3.63) is 97.1 Å². The molecule has 0 aliphatic heterocycles. The van der Waals surface area contributed by atoms with Gasteiger partial charge >= 0.3 is 0 Å². The molecule has 0 aliphatic carbocycles. The van der Waals surface area contributed by atoms with Crippen LogP contribution in [0.3, 0.4) is 0 Å². The van der Waals surface area contributed by atoms with Gasteiger partial charge in [0.05, 0.1) is 0 Å². The molecule has 4 aromatic carbocycles. The van der Waals surface area contributed by atoms with Gasteiger partial charge in [0.15, 0.2) is 0 Å². The Morgan fingerprint density at radius 2 is 1.09 bits per heavy atom. The standard InChI is InChI=1S/C22H17N/c1-3-7-17(8-4-1)18-11-12-20-16-22(14-13-19(20)15-18)23-21-9-5-2-6-10-21/h1-16,23H. The first-order valence-corrected chi connectivity index (χ1v) is 7.80. The summed E-state index contributed by atoms with van der Waals surface area (Å²) in [4.78, 5) is 0. The zero-order valence-corrected chi connectivity index (χ0v) is 12.7. The van der Waals surface area contributed by atoms with E-state index in [1.807, 2.05) is 24.3 Å². The summed E-state index contributed by atoms with van der Waals surface area (Å²) in [5, 5.41) is 5.94. The second-order valence-electron chi connectivity index (χ2n) is 5.63. The average Bonchev–Trinajstić information content (AvgIpc) is 2.63. The van der Waals surface area contributed by atoms with E-state index in [0.717, 1.165) is 11.4 Å². The lowest BCUT2D eigenvalue weighted by Crippen LogP contribution is -1.89. The molecule has 0 heterocycles. The predicted octanol–water partition coefficient (Wildman–Crippen LogP) is 6.25. The van der Waals surface area contributed by atoms with E-state index in [1.54, 1.807) is 0 Å². The highest BCUT2D eigenvalue weighted by molar-refractivity contribution is 5.90. The third-order valence-corrected chi connectivity index (χ3v) is 4.01. The molecule has 4 aromatic rings. The molecular formula is C22H17N. The van der Waals surface area contributed by atoms with Gasteiger partial charge in [-0.15, -0.1) is 0 Å². The van der Waals surface area contributed by atoms with Crippen molar-refractivity contribution in [2.45, 2.75) is 0 Å². The number of nitrogens with one attached hydrogen (secondary N) is 1. The van der Waals surface area contributed by atoms with Gasteiger partial charge < -0.3 is 5.32 Å². The first kappa shape index (κ1) is 13.6. The molecular weight excluding hydrogens is 278 g/mol. The van der Waals surface area contributed by atoms with Gasteiger partial charge in [-0.25, -0.2) is 0 Å². The topological polar surface area (TPSA) is 12.0 Å². The van der Waals surface area contributed by atoms with Crippen LogP contribution in [0.5, 0.6) is 0 Å². The Balaban J connectivity index is 1.68. The van der Waals surface area contributed by atoms with E-state index in [1.165, 1.54) is 21.9 Å². The van der Waals surface area contributed by atoms with E-state index in [4.69, 9.17) is 0 Å². The fourth-order valence-corrected chi connectivity index (χ4v) is 2.82. The van der Waals surface area contributed by atoms with Gasteiger partial charge in [-0.1, -0.05) is 66.7 Å². The number of hydrogen-bond acceptors (Lipinski definition) is 1. The minimum absolute atomic E-state index is 1.10. The summed E-state index contributed by atoms with van der Waals surface area (Å²) < 4.78 is 0. The van der Waals surface area contributed by atoms with Gasteiger partial charge in [0.2, 0.25) is 0 Å². The molecule has 110 valence electrons. The first-order chi connectivity index (χ1) is 11.4. The molecule has 0 saturated heterocycles. The van der Waals surface area contributed by atoms with Crippen LogP contribution in [0.15, 0.2) is 97.1 Å². The molecule has 0 aromatic heterocycles. The summed E-state index contributed by atoms with van der Waals surface area (Å²) in [7, 11) is 0. The van der Waals surface area contributed by atoms with E-state index >= 15 is 0 Å². The summed E-state index contributed by atoms with van der Waals surface area (Å²) in [6.45, 7) is 0. The Kier molecular flexibility index (Phi) is 3.53. The fourth-order valence-electron chi connectivity index (χ4n) is 2.82. The van der Waals surface area contributed by atoms with Crippen molar-refractivity contribution in [3.63, 3.8) is 0 Å². The highest BCUT2D eigenvalue weighted by Crippen LogP contribution is 2.27. The molecule has 4 rings (SSSR count). The van der Waals surface area contributed by atoms with Crippen molar-refractivity contribution in [2.75, 3.05) is 5.32 Å². The van der Waals surface area contributed by atoms with Crippen molar-refractivity contribution < 1.29 is 0 Å².